The van der Waals surface area contributed by atoms with Gasteiger partial charge in [0, 0.05) is 32.7 Å². The molecule has 0 atom stereocenters. The maximum atomic E-state index is 13.2. The second-order valence-electron chi connectivity index (χ2n) is 8.01. The van der Waals surface area contributed by atoms with Gasteiger partial charge < -0.3 is 4.90 Å². The number of para-hydroxylation sites is 1. The number of rotatable bonds is 7. The van der Waals surface area contributed by atoms with E-state index in [9.17, 15) is 17.6 Å². The summed E-state index contributed by atoms with van der Waals surface area (Å²) in [6.45, 7) is 3.36. The van der Waals surface area contributed by atoms with Gasteiger partial charge in [-0.1, -0.05) is 54.6 Å². The lowest BCUT2D eigenvalue weighted by Crippen LogP contribution is -2.48. The van der Waals surface area contributed by atoms with Gasteiger partial charge in [0.2, 0.25) is 0 Å². The van der Waals surface area contributed by atoms with E-state index in [2.05, 4.69) is 33.9 Å². The van der Waals surface area contributed by atoms with Crippen LogP contribution in [0.3, 0.4) is 0 Å². The Balaban J connectivity index is 1.38. The molecule has 0 saturated carbocycles. The Bertz CT molecular complexity index is 1250. The molecule has 1 aliphatic heterocycles. The number of carbonyl (C=O) groups is 1. The average Bonchev–Trinajstić information content (AvgIpc) is 2.85. The number of halogens is 1. The van der Waals surface area contributed by atoms with Crippen LogP contribution in [0.15, 0.2) is 89.8 Å². The Morgan fingerprint density at radius 1 is 0.882 bits per heavy atom. The highest BCUT2D eigenvalue weighted by Gasteiger charge is 2.25. The van der Waals surface area contributed by atoms with E-state index in [-0.39, 0.29) is 22.1 Å². The molecule has 0 unspecified atom stereocenters. The molecule has 1 heterocycles. The number of hydrogen-bond acceptors (Lipinski definition) is 4. The van der Waals surface area contributed by atoms with Gasteiger partial charge in [-0.2, -0.15) is 0 Å². The van der Waals surface area contributed by atoms with Crippen molar-refractivity contribution in [3.05, 3.63) is 102 Å². The van der Waals surface area contributed by atoms with Crippen molar-refractivity contribution >= 4 is 27.7 Å². The number of nitrogens with one attached hydrogen (secondary N) is 1. The molecular weight excluding hydrogens is 453 g/mol. The summed E-state index contributed by atoms with van der Waals surface area (Å²) < 4.78 is 41.1. The van der Waals surface area contributed by atoms with Crippen molar-refractivity contribution in [2.75, 3.05) is 37.4 Å². The lowest BCUT2D eigenvalue weighted by molar-refractivity contribution is 0.0651. The molecule has 0 radical (unpaired) electrons. The van der Waals surface area contributed by atoms with Gasteiger partial charge in [0.1, 0.15) is 5.82 Å². The zero-order valence-corrected chi connectivity index (χ0v) is 19.4. The molecule has 0 bridgehead atoms. The van der Waals surface area contributed by atoms with Crippen LogP contribution in [0.25, 0.3) is 6.08 Å². The lowest BCUT2D eigenvalue weighted by atomic mass is 10.1. The summed E-state index contributed by atoms with van der Waals surface area (Å²) >= 11 is 0. The molecular formula is C26H26FN3O3S. The van der Waals surface area contributed by atoms with Crippen LogP contribution in [0, 0.1) is 5.82 Å². The highest BCUT2D eigenvalue weighted by atomic mass is 32.2. The second-order valence-corrected chi connectivity index (χ2v) is 9.69. The van der Waals surface area contributed by atoms with Crippen LogP contribution in [0.2, 0.25) is 0 Å². The number of piperazine rings is 1. The number of nitrogens with zero attached hydrogens (tertiary/aromatic N) is 2. The summed E-state index contributed by atoms with van der Waals surface area (Å²) in [6, 6.07) is 21.2. The topological polar surface area (TPSA) is 69.7 Å². The Labute approximate surface area is 199 Å². The number of hydrogen-bond donors (Lipinski definition) is 1. The smallest absolute Gasteiger partial charge is 0.261 e. The van der Waals surface area contributed by atoms with Crippen LogP contribution < -0.4 is 4.72 Å². The van der Waals surface area contributed by atoms with Crippen molar-refractivity contribution in [3.63, 3.8) is 0 Å². The highest BCUT2D eigenvalue weighted by molar-refractivity contribution is 7.92. The molecule has 1 saturated heterocycles. The van der Waals surface area contributed by atoms with E-state index >= 15 is 0 Å². The number of anilines is 1. The quantitative estimate of drug-likeness (QED) is 0.554. The van der Waals surface area contributed by atoms with Crippen LogP contribution in [0.4, 0.5) is 10.1 Å². The summed E-state index contributed by atoms with van der Waals surface area (Å²) in [5, 5.41) is 0. The first-order chi connectivity index (χ1) is 16.4. The Hall–Kier alpha value is -3.49. The Morgan fingerprint density at radius 3 is 2.24 bits per heavy atom. The molecule has 1 fully saturated rings. The van der Waals surface area contributed by atoms with Crippen LogP contribution in [0.1, 0.15) is 15.9 Å². The predicted octanol–water partition coefficient (Wildman–Crippen LogP) is 4.10. The molecule has 1 aliphatic rings. The van der Waals surface area contributed by atoms with Gasteiger partial charge >= 0.3 is 0 Å². The van der Waals surface area contributed by atoms with E-state index in [0.717, 1.165) is 37.3 Å². The fraction of sp³-hybridized carbons (Fsp3) is 0.192. The summed E-state index contributed by atoms with van der Waals surface area (Å²) in [7, 11) is -3.96. The van der Waals surface area contributed by atoms with Gasteiger partial charge in [-0.15, -0.1) is 0 Å². The molecule has 0 aromatic heterocycles. The largest absolute Gasteiger partial charge is 0.336 e. The minimum atomic E-state index is -3.96. The molecule has 8 heteroatoms. The summed E-state index contributed by atoms with van der Waals surface area (Å²) in [6.07, 6.45) is 4.20. The van der Waals surface area contributed by atoms with E-state index < -0.39 is 15.8 Å². The van der Waals surface area contributed by atoms with E-state index in [1.807, 2.05) is 18.2 Å². The molecule has 34 heavy (non-hydrogen) atoms. The van der Waals surface area contributed by atoms with Crippen LogP contribution >= 0.6 is 0 Å². The Kier molecular flexibility index (Phi) is 7.40. The maximum Gasteiger partial charge on any atom is 0.261 e. The number of sulfonamides is 1. The molecule has 6 nitrogen and oxygen atoms in total. The molecule has 1 amide bonds. The lowest BCUT2D eigenvalue weighted by Gasteiger charge is -2.34. The van der Waals surface area contributed by atoms with Gasteiger partial charge in [0.15, 0.2) is 0 Å². The van der Waals surface area contributed by atoms with Crippen LogP contribution in [0.5, 0.6) is 0 Å². The normalized spacial score (nSPS) is 14.9. The average molecular weight is 480 g/mol. The number of benzene rings is 3. The van der Waals surface area contributed by atoms with Crippen molar-refractivity contribution in [2.45, 2.75) is 4.90 Å². The summed E-state index contributed by atoms with van der Waals surface area (Å²) in [5.41, 5.74) is 1.63. The third kappa shape index (κ3) is 5.89. The molecule has 4 rings (SSSR count). The summed E-state index contributed by atoms with van der Waals surface area (Å²) in [4.78, 5) is 17.1. The molecule has 3 aromatic carbocycles. The Morgan fingerprint density at radius 2 is 1.53 bits per heavy atom. The maximum absolute atomic E-state index is 13.2. The monoisotopic (exact) mass is 479 g/mol. The first-order valence-electron chi connectivity index (χ1n) is 11.0. The minimum Gasteiger partial charge on any atom is -0.336 e. The van der Waals surface area contributed by atoms with Gasteiger partial charge in [0.05, 0.1) is 16.1 Å². The zero-order valence-electron chi connectivity index (χ0n) is 18.6. The fourth-order valence-corrected chi connectivity index (χ4v) is 4.86. The first kappa shape index (κ1) is 23.7. The SMILES string of the molecule is O=C(c1ccccc1NS(=O)(=O)c1ccc(F)cc1)N1CCN(CC=Cc2ccccc2)CC1. The zero-order chi connectivity index (χ0) is 24.0. The third-order valence-electron chi connectivity index (χ3n) is 5.66. The fourth-order valence-electron chi connectivity index (χ4n) is 3.78. The molecule has 1 N–H and O–H groups in total. The van der Waals surface area contributed by atoms with Crippen LogP contribution in [-0.4, -0.2) is 56.8 Å². The number of amides is 1. The van der Waals surface area contributed by atoms with E-state index in [0.29, 0.717) is 13.1 Å². The van der Waals surface area contributed by atoms with Crippen LogP contribution in [-0.2, 0) is 10.0 Å². The van der Waals surface area contributed by atoms with E-state index in [4.69, 9.17) is 0 Å². The first-order valence-corrected chi connectivity index (χ1v) is 12.5. The van der Waals surface area contributed by atoms with Crippen molar-refractivity contribution in [1.29, 1.82) is 0 Å². The second kappa shape index (κ2) is 10.6. The standard InChI is InChI=1S/C26H26FN3O3S/c27-22-12-14-23(15-13-22)34(32,33)28-25-11-5-4-10-24(25)26(31)30-19-17-29(18-20-30)16-6-9-21-7-2-1-3-8-21/h1-15,28H,16-20H2. The van der Waals surface area contributed by atoms with Gasteiger partial charge in [0.25, 0.3) is 15.9 Å². The summed E-state index contributed by atoms with van der Waals surface area (Å²) in [5.74, 6) is -0.749. The van der Waals surface area contributed by atoms with Gasteiger partial charge in [-0.05, 0) is 42.0 Å². The van der Waals surface area contributed by atoms with Crippen molar-refractivity contribution in [1.82, 2.24) is 9.80 Å². The van der Waals surface area contributed by atoms with Crippen molar-refractivity contribution < 1.29 is 17.6 Å². The van der Waals surface area contributed by atoms with E-state index in [1.54, 1.807) is 29.2 Å². The van der Waals surface area contributed by atoms with Gasteiger partial charge in [-0.25, -0.2) is 12.8 Å². The van der Waals surface area contributed by atoms with Crippen molar-refractivity contribution in [3.8, 4) is 0 Å². The van der Waals surface area contributed by atoms with Gasteiger partial charge in [-0.3, -0.25) is 14.4 Å². The molecule has 176 valence electrons. The highest BCUT2D eigenvalue weighted by Crippen LogP contribution is 2.22. The minimum absolute atomic E-state index is 0.0756. The van der Waals surface area contributed by atoms with Crippen molar-refractivity contribution in [2.24, 2.45) is 0 Å². The predicted molar refractivity (Wildman–Crippen MR) is 131 cm³/mol. The van der Waals surface area contributed by atoms with E-state index in [1.165, 1.54) is 12.1 Å². The molecule has 0 aliphatic carbocycles. The molecule has 0 spiro atoms. The number of carbonyl (C=O) groups excluding carboxylic acids is 1. The molecule has 3 aromatic rings. The third-order valence-corrected chi connectivity index (χ3v) is 7.04.